The minimum Gasteiger partial charge on any atom is -0.466 e. The largest absolute Gasteiger partial charge is 0.466 e. The van der Waals surface area contributed by atoms with E-state index in [9.17, 15) is 32.4 Å². The van der Waals surface area contributed by atoms with Crippen molar-refractivity contribution in [1.29, 1.82) is 5.26 Å². The molecule has 2 aromatic carbocycles. The summed E-state index contributed by atoms with van der Waals surface area (Å²) in [6, 6.07) is 10.7. The lowest BCUT2D eigenvalue weighted by atomic mass is 9.80. The fourth-order valence-electron chi connectivity index (χ4n) is 3.75. The van der Waals surface area contributed by atoms with Gasteiger partial charge in [0.1, 0.15) is 17.3 Å². The number of methoxy groups -OCH3 is 2. The zero-order valence-corrected chi connectivity index (χ0v) is 19.7. The smallest absolute Gasteiger partial charge is 0.418 e. The summed E-state index contributed by atoms with van der Waals surface area (Å²) in [4.78, 5) is 26.5. The van der Waals surface area contributed by atoms with Crippen LogP contribution >= 0.6 is 15.9 Å². The number of rotatable bonds is 4. The van der Waals surface area contributed by atoms with Crippen LogP contribution in [0, 0.1) is 17.1 Å². The number of benzene rings is 2. The van der Waals surface area contributed by atoms with E-state index in [0.717, 1.165) is 20.3 Å². The first-order chi connectivity index (χ1) is 16.5. The zero-order valence-electron chi connectivity index (χ0n) is 18.1. The van der Waals surface area contributed by atoms with Crippen LogP contribution in [0.25, 0.3) is 0 Å². The van der Waals surface area contributed by atoms with Crippen molar-refractivity contribution >= 4 is 33.6 Å². The Morgan fingerprint density at radius 2 is 1.71 bits per heavy atom. The third kappa shape index (κ3) is 4.59. The Bertz CT molecular complexity index is 1300. The maximum Gasteiger partial charge on any atom is 0.418 e. The van der Waals surface area contributed by atoms with E-state index >= 15 is 0 Å². The molecule has 0 fully saturated rings. The number of halogens is 5. The summed E-state index contributed by atoms with van der Waals surface area (Å²) in [6.07, 6.45) is -5.12. The number of hydrogen-bond acceptors (Lipinski definition) is 7. The molecule has 1 unspecified atom stereocenters. The molecule has 0 aliphatic carbocycles. The van der Waals surface area contributed by atoms with Gasteiger partial charge < -0.3 is 15.2 Å². The quantitative estimate of drug-likeness (QED) is 0.438. The number of anilines is 1. The van der Waals surface area contributed by atoms with Crippen LogP contribution in [0.3, 0.4) is 0 Å². The molecule has 1 heterocycles. The molecule has 0 saturated heterocycles. The van der Waals surface area contributed by atoms with E-state index in [0.29, 0.717) is 10.5 Å². The fraction of sp³-hybridized carbons (Fsp3) is 0.174. The second-order valence-corrected chi connectivity index (χ2v) is 7.97. The molecule has 0 aromatic heterocycles. The van der Waals surface area contributed by atoms with Crippen molar-refractivity contribution in [1.82, 2.24) is 0 Å². The highest BCUT2D eigenvalue weighted by atomic mass is 79.9. The highest BCUT2D eigenvalue weighted by molar-refractivity contribution is 9.10. The maximum atomic E-state index is 14.0. The number of carbonyl (C=O) groups excluding carboxylic acids is 2. The van der Waals surface area contributed by atoms with Crippen LogP contribution in [-0.4, -0.2) is 26.2 Å². The molecule has 12 heteroatoms. The molecule has 1 aliphatic heterocycles. The number of carbonyl (C=O) groups is 2. The first-order valence-electron chi connectivity index (χ1n) is 9.69. The van der Waals surface area contributed by atoms with E-state index in [4.69, 9.17) is 15.2 Å². The highest BCUT2D eigenvalue weighted by Gasteiger charge is 2.46. The standard InChI is InChI=1S/C23H16BrF4N3O4/c1-34-21(32)17-16(11-6-4-3-5-7-11)13(10-29)20(30)31(19(17)22(33)35-2)18-14(23(26,27)28)8-12(25)9-15(18)24/h3-9,16H,30H2,1-2H3. The Morgan fingerprint density at radius 1 is 1.11 bits per heavy atom. The van der Waals surface area contributed by atoms with Crippen LogP contribution in [0.1, 0.15) is 17.0 Å². The van der Waals surface area contributed by atoms with E-state index in [1.807, 2.05) is 6.07 Å². The number of alkyl halides is 3. The Labute approximate surface area is 205 Å². The van der Waals surface area contributed by atoms with Crippen molar-refractivity contribution in [3.05, 3.63) is 86.5 Å². The third-order valence-corrected chi connectivity index (χ3v) is 5.77. The van der Waals surface area contributed by atoms with Gasteiger partial charge in [0.25, 0.3) is 0 Å². The summed E-state index contributed by atoms with van der Waals surface area (Å²) in [6.45, 7) is 0. The Hall–Kier alpha value is -3.85. The predicted octanol–water partition coefficient (Wildman–Crippen LogP) is 4.50. The first kappa shape index (κ1) is 25.8. The van der Waals surface area contributed by atoms with Gasteiger partial charge in [-0.05, 0) is 33.6 Å². The van der Waals surface area contributed by atoms with Gasteiger partial charge in [0.05, 0.1) is 48.6 Å². The van der Waals surface area contributed by atoms with E-state index in [1.54, 1.807) is 18.2 Å². The van der Waals surface area contributed by atoms with Crippen LogP contribution in [0.5, 0.6) is 0 Å². The van der Waals surface area contributed by atoms with Gasteiger partial charge in [-0.3, -0.25) is 4.90 Å². The molecule has 0 spiro atoms. The van der Waals surface area contributed by atoms with Gasteiger partial charge >= 0.3 is 18.1 Å². The number of esters is 2. The van der Waals surface area contributed by atoms with E-state index in [-0.39, 0.29) is 11.6 Å². The van der Waals surface area contributed by atoms with Gasteiger partial charge in [-0.15, -0.1) is 0 Å². The molecule has 0 saturated carbocycles. The van der Waals surface area contributed by atoms with Crippen molar-refractivity contribution in [2.75, 3.05) is 19.1 Å². The van der Waals surface area contributed by atoms with Crippen molar-refractivity contribution in [2.24, 2.45) is 5.73 Å². The Kier molecular flexibility index (Phi) is 7.21. The van der Waals surface area contributed by atoms with Gasteiger partial charge in [-0.2, -0.15) is 18.4 Å². The molecule has 0 amide bonds. The van der Waals surface area contributed by atoms with Gasteiger partial charge in [-0.1, -0.05) is 30.3 Å². The van der Waals surface area contributed by atoms with Gasteiger partial charge in [0.15, 0.2) is 0 Å². The lowest BCUT2D eigenvalue weighted by molar-refractivity contribution is -0.140. The topological polar surface area (TPSA) is 106 Å². The molecule has 0 radical (unpaired) electrons. The van der Waals surface area contributed by atoms with Crippen molar-refractivity contribution in [3.63, 3.8) is 0 Å². The Balaban J connectivity index is 2.54. The van der Waals surface area contributed by atoms with Crippen LogP contribution in [0.15, 0.2) is 69.6 Å². The fourth-order valence-corrected chi connectivity index (χ4v) is 4.36. The average molecular weight is 554 g/mol. The normalized spacial score (nSPS) is 16.2. The first-order valence-corrected chi connectivity index (χ1v) is 10.5. The molecule has 2 aromatic rings. The molecular weight excluding hydrogens is 538 g/mol. The van der Waals surface area contributed by atoms with E-state index in [2.05, 4.69) is 15.9 Å². The predicted molar refractivity (Wildman–Crippen MR) is 119 cm³/mol. The summed E-state index contributed by atoms with van der Waals surface area (Å²) in [7, 11) is 1.95. The van der Waals surface area contributed by atoms with Crippen LogP contribution in [0.2, 0.25) is 0 Å². The summed E-state index contributed by atoms with van der Waals surface area (Å²) in [5.41, 5.74) is 2.66. The maximum absolute atomic E-state index is 14.0. The lowest BCUT2D eigenvalue weighted by Gasteiger charge is -2.37. The number of nitrogens with two attached hydrogens (primary N) is 1. The molecule has 3 rings (SSSR count). The molecular formula is C23H16BrF4N3O4. The number of allylic oxidation sites excluding steroid dienone is 1. The van der Waals surface area contributed by atoms with Crippen LogP contribution in [-0.2, 0) is 25.2 Å². The minimum atomic E-state index is -5.12. The van der Waals surface area contributed by atoms with Crippen molar-refractivity contribution in [3.8, 4) is 6.07 Å². The number of nitrogens with zero attached hydrogens (tertiary/aromatic N) is 2. The van der Waals surface area contributed by atoms with Crippen molar-refractivity contribution in [2.45, 2.75) is 12.1 Å². The number of nitriles is 1. The number of ether oxygens (including phenoxy) is 2. The van der Waals surface area contributed by atoms with Gasteiger partial charge in [0, 0.05) is 4.47 Å². The summed E-state index contributed by atoms with van der Waals surface area (Å²) >= 11 is 2.89. The SMILES string of the molecule is COC(=O)C1=C(C(=O)OC)N(c2c(Br)cc(F)cc2C(F)(F)F)C(N)=C(C#N)C1c1ccccc1. The van der Waals surface area contributed by atoms with Crippen LogP contribution in [0.4, 0.5) is 23.2 Å². The highest BCUT2D eigenvalue weighted by Crippen LogP contribution is 2.48. The van der Waals surface area contributed by atoms with Gasteiger partial charge in [-0.25, -0.2) is 14.0 Å². The molecule has 182 valence electrons. The van der Waals surface area contributed by atoms with Gasteiger partial charge in [0.2, 0.25) is 0 Å². The Morgan fingerprint density at radius 3 is 2.23 bits per heavy atom. The van der Waals surface area contributed by atoms with E-state index < -0.39 is 62.7 Å². The minimum absolute atomic E-state index is 0.204. The van der Waals surface area contributed by atoms with Crippen LogP contribution < -0.4 is 10.6 Å². The monoisotopic (exact) mass is 553 g/mol. The molecule has 1 atom stereocenters. The summed E-state index contributed by atoms with van der Waals surface area (Å²) < 4.78 is 65.1. The summed E-state index contributed by atoms with van der Waals surface area (Å²) in [5.74, 6) is -5.45. The molecule has 7 nitrogen and oxygen atoms in total. The molecule has 0 bridgehead atoms. The molecule has 35 heavy (non-hydrogen) atoms. The second-order valence-electron chi connectivity index (χ2n) is 7.12. The summed E-state index contributed by atoms with van der Waals surface area (Å²) in [5, 5.41) is 9.96. The van der Waals surface area contributed by atoms with Crippen molar-refractivity contribution < 1.29 is 36.6 Å². The third-order valence-electron chi connectivity index (χ3n) is 5.17. The lowest BCUT2D eigenvalue weighted by Crippen LogP contribution is -2.41. The van der Waals surface area contributed by atoms with E-state index in [1.165, 1.54) is 12.1 Å². The molecule has 2 N–H and O–H groups in total. The second kappa shape index (κ2) is 9.79. The molecule has 1 aliphatic rings. The average Bonchev–Trinajstić information content (AvgIpc) is 2.82. The number of hydrogen-bond donors (Lipinski definition) is 1. The zero-order chi connectivity index (χ0) is 26.1.